The lowest BCUT2D eigenvalue weighted by molar-refractivity contribution is 0.364. The van der Waals surface area contributed by atoms with Crippen molar-refractivity contribution in [1.82, 2.24) is 4.98 Å². The molecule has 1 atom stereocenters. The predicted molar refractivity (Wildman–Crippen MR) is 55.2 cm³/mol. The van der Waals surface area contributed by atoms with Crippen LogP contribution in [0, 0.1) is 0 Å². The summed E-state index contributed by atoms with van der Waals surface area (Å²) >= 11 is 0. The first kappa shape index (κ1) is 9.71. The molecule has 0 aromatic carbocycles. The van der Waals surface area contributed by atoms with Crippen molar-refractivity contribution in [2.24, 2.45) is 5.73 Å². The maximum atomic E-state index is 5.89. The number of hydrogen-bond acceptors (Lipinski definition) is 3. The minimum Gasteiger partial charge on any atom is -0.445 e. The Morgan fingerprint density at radius 1 is 1.43 bits per heavy atom. The summed E-state index contributed by atoms with van der Waals surface area (Å²) in [5.74, 6) is 1.90. The Balaban J connectivity index is 2.32. The molecule has 0 aliphatic heterocycles. The van der Waals surface area contributed by atoms with Gasteiger partial charge in [0.25, 0.3) is 0 Å². The van der Waals surface area contributed by atoms with Gasteiger partial charge in [-0.2, -0.15) is 0 Å². The fourth-order valence-electron chi connectivity index (χ4n) is 1.73. The van der Waals surface area contributed by atoms with Gasteiger partial charge >= 0.3 is 0 Å². The van der Waals surface area contributed by atoms with E-state index in [9.17, 15) is 0 Å². The lowest BCUT2D eigenvalue weighted by atomic mass is 9.96. The lowest BCUT2D eigenvalue weighted by Crippen LogP contribution is -2.27. The third kappa shape index (κ3) is 1.69. The van der Waals surface area contributed by atoms with E-state index in [1.165, 1.54) is 0 Å². The van der Waals surface area contributed by atoms with Crippen molar-refractivity contribution in [2.75, 3.05) is 0 Å². The summed E-state index contributed by atoms with van der Waals surface area (Å²) in [6, 6.07) is 0.264. The SMILES string of the molecule is CC(C)(C)c1nc2c(o1)CCC(N)C2. The van der Waals surface area contributed by atoms with Gasteiger partial charge in [0.05, 0.1) is 5.69 Å². The monoisotopic (exact) mass is 194 g/mol. The van der Waals surface area contributed by atoms with Crippen molar-refractivity contribution in [3.05, 3.63) is 17.3 Å². The number of nitrogens with two attached hydrogens (primary N) is 1. The highest BCUT2D eigenvalue weighted by atomic mass is 16.4. The molecule has 14 heavy (non-hydrogen) atoms. The van der Waals surface area contributed by atoms with Crippen molar-refractivity contribution in [3.63, 3.8) is 0 Å². The molecule has 78 valence electrons. The standard InChI is InChI=1S/C11H18N2O/c1-11(2,3)10-13-8-6-7(12)4-5-9(8)14-10/h7H,4-6,12H2,1-3H3. The number of aryl methyl sites for hydroxylation is 1. The fourth-order valence-corrected chi connectivity index (χ4v) is 1.73. The first-order valence-electron chi connectivity index (χ1n) is 5.21. The molecule has 1 unspecified atom stereocenters. The van der Waals surface area contributed by atoms with Gasteiger partial charge in [-0.1, -0.05) is 20.8 Å². The lowest BCUT2D eigenvalue weighted by Gasteiger charge is -2.14. The van der Waals surface area contributed by atoms with Gasteiger partial charge in [-0.3, -0.25) is 0 Å². The summed E-state index contributed by atoms with van der Waals surface area (Å²) in [6.45, 7) is 6.35. The van der Waals surface area contributed by atoms with Crippen LogP contribution < -0.4 is 5.73 Å². The average Bonchev–Trinajstić information content (AvgIpc) is 2.45. The first-order chi connectivity index (χ1) is 6.47. The summed E-state index contributed by atoms with van der Waals surface area (Å²) in [7, 11) is 0. The van der Waals surface area contributed by atoms with Gasteiger partial charge in [0.15, 0.2) is 5.89 Å². The molecule has 1 aliphatic carbocycles. The summed E-state index contributed by atoms with van der Waals surface area (Å²) in [5, 5.41) is 0. The van der Waals surface area contributed by atoms with E-state index in [4.69, 9.17) is 10.2 Å². The zero-order chi connectivity index (χ0) is 10.3. The third-order valence-electron chi connectivity index (χ3n) is 2.62. The maximum absolute atomic E-state index is 5.89. The van der Waals surface area contributed by atoms with Crippen LogP contribution in [-0.4, -0.2) is 11.0 Å². The van der Waals surface area contributed by atoms with Gasteiger partial charge < -0.3 is 10.2 Å². The second-order valence-corrected chi connectivity index (χ2v) is 5.14. The van der Waals surface area contributed by atoms with Crippen LogP contribution in [0.3, 0.4) is 0 Å². The number of rotatable bonds is 0. The van der Waals surface area contributed by atoms with Crippen LogP contribution in [0.2, 0.25) is 0 Å². The molecule has 0 bridgehead atoms. The van der Waals surface area contributed by atoms with Crippen LogP contribution in [0.5, 0.6) is 0 Å². The van der Waals surface area contributed by atoms with Gasteiger partial charge in [-0.05, 0) is 6.42 Å². The van der Waals surface area contributed by atoms with Crippen molar-refractivity contribution in [1.29, 1.82) is 0 Å². The molecule has 2 rings (SSSR count). The fraction of sp³-hybridized carbons (Fsp3) is 0.727. The molecule has 3 heteroatoms. The first-order valence-corrected chi connectivity index (χ1v) is 5.21. The van der Waals surface area contributed by atoms with Crippen LogP contribution in [-0.2, 0) is 18.3 Å². The Labute approximate surface area is 84.7 Å². The van der Waals surface area contributed by atoms with E-state index in [0.717, 1.165) is 36.6 Å². The normalized spacial score (nSPS) is 22.1. The van der Waals surface area contributed by atoms with E-state index in [1.54, 1.807) is 0 Å². The van der Waals surface area contributed by atoms with Crippen molar-refractivity contribution in [3.8, 4) is 0 Å². The molecule has 0 spiro atoms. The van der Waals surface area contributed by atoms with Crippen LogP contribution >= 0.6 is 0 Å². The molecule has 0 amide bonds. The maximum Gasteiger partial charge on any atom is 0.200 e. The van der Waals surface area contributed by atoms with E-state index in [2.05, 4.69) is 25.8 Å². The molecule has 1 aromatic heterocycles. The second-order valence-electron chi connectivity index (χ2n) is 5.14. The Hall–Kier alpha value is -0.830. The highest BCUT2D eigenvalue weighted by Gasteiger charge is 2.26. The summed E-state index contributed by atoms with van der Waals surface area (Å²) < 4.78 is 5.75. The largest absolute Gasteiger partial charge is 0.445 e. The van der Waals surface area contributed by atoms with E-state index < -0.39 is 0 Å². The van der Waals surface area contributed by atoms with Crippen LogP contribution in [0.1, 0.15) is 44.5 Å². The molecule has 0 saturated heterocycles. The summed E-state index contributed by atoms with van der Waals surface area (Å²) in [6.07, 6.45) is 2.83. The van der Waals surface area contributed by atoms with Gasteiger partial charge in [-0.15, -0.1) is 0 Å². The number of hydrogen-bond donors (Lipinski definition) is 1. The van der Waals surface area contributed by atoms with Gasteiger partial charge in [0.2, 0.25) is 0 Å². The molecule has 0 saturated carbocycles. The zero-order valence-corrected chi connectivity index (χ0v) is 9.13. The quantitative estimate of drug-likeness (QED) is 0.685. The van der Waals surface area contributed by atoms with Crippen LogP contribution in [0.25, 0.3) is 0 Å². The Bertz CT molecular complexity index is 336. The zero-order valence-electron chi connectivity index (χ0n) is 9.13. The van der Waals surface area contributed by atoms with Crippen LogP contribution in [0.15, 0.2) is 4.42 Å². The molecule has 1 aliphatic rings. The van der Waals surface area contributed by atoms with Gasteiger partial charge in [0.1, 0.15) is 5.76 Å². The molecule has 3 nitrogen and oxygen atoms in total. The van der Waals surface area contributed by atoms with E-state index in [-0.39, 0.29) is 11.5 Å². The Morgan fingerprint density at radius 2 is 2.14 bits per heavy atom. The molecular weight excluding hydrogens is 176 g/mol. The molecule has 2 N–H and O–H groups in total. The van der Waals surface area contributed by atoms with Crippen LogP contribution in [0.4, 0.5) is 0 Å². The number of aromatic nitrogens is 1. The number of nitrogens with zero attached hydrogens (tertiary/aromatic N) is 1. The minimum absolute atomic E-state index is 0.00142. The molecular formula is C11H18N2O. The van der Waals surface area contributed by atoms with E-state index in [1.807, 2.05) is 0 Å². The summed E-state index contributed by atoms with van der Waals surface area (Å²) in [4.78, 5) is 4.53. The molecule has 0 fully saturated rings. The predicted octanol–water partition coefficient (Wildman–Crippen LogP) is 1.79. The van der Waals surface area contributed by atoms with E-state index >= 15 is 0 Å². The third-order valence-corrected chi connectivity index (χ3v) is 2.62. The minimum atomic E-state index is 0.00142. The highest BCUT2D eigenvalue weighted by Crippen LogP contribution is 2.27. The summed E-state index contributed by atoms with van der Waals surface area (Å²) in [5.41, 5.74) is 6.97. The second kappa shape index (κ2) is 3.09. The highest BCUT2D eigenvalue weighted by molar-refractivity contribution is 5.17. The van der Waals surface area contributed by atoms with Gasteiger partial charge in [-0.25, -0.2) is 4.98 Å². The average molecular weight is 194 g/mol. The Morgan fingerprint density at radius 3 is 2.79 bits per heavy atom. The molecule has 1 aromatic rings. The van der Waals surface area contributed by atoms with E-state index in [0.29, 0.717) is 0 Å². The van der Waals surface area contributed by atoms with Crippen molar-refractivity contribution in [2.45, 2.75) is 51.5 Å². The molecule has 1 heterocycles. The van der Waals surface area contributed by atoms with Crippen molar-refractivity contribution < 1.29 is 4.42 Å². The number of oxazole rings is 1. The Kier molecular flexibility index (Phi) is 2.14. The topological polar surface area (TPSA) is 52.0 Å². The van der Waals surface area contributed by atoms with Crippen molar-refractivity contribution >= 4 is 0 Å². The van der Waals surface area contributed by atoms with Gasteiger partial charge in [0, 0.05) is 24.3 Å². The molecule has 0 radical (unpaired) electrons. The number of fused-ring (bicyclic) bond motifs is 1. The smallest absolute Gasteiger partial charge is 0.200 e.